The summed E-state index contributed by atoms with van der Waals surface area (Å²) in [5.74, 6) is 0.437. The molecule has 5 heteroatoms. The van der Waals surface area contributed by atoms with Gasteiger partial charge >= 0.3 is 0 Å². The van der Waals surface area contributed by atoms with E-state index >= 15 is 0 Å². The Morgan fingerprint density at radius 2 is 1.45 bits per heavy atom. The molecule has 0 radical (unpaired) electrons. The first-order valence-electron chi connectivity index (χ1n) is 11.4. The molecular formula is C24H34F2O2S. The van der Waals surface area contributed by atoms with E-state index in [1.165, 1.54) is 50.7 Å². The van der Waals surface area contributed by atoms with E-state index in [1.807, 2.05) is 0 Å². The summed E-state index contributed by atoms with van der Waals surface area (Å²) in [4.78, 5) is 0. The van der Waals surface area contributed by atoms with E-state index in [9.17, 15) is 8.78 Å². The van der Waals surface area contributed by atoms with Crippen LogP contribution < -0.4 is 9.47 Å². The molecule has 3 rings (SSSR count). The SMILES string of the molecule is CCC[C@H]1CC[C@H]([C@H]2CC[C@H](C(=S)Oc3ccc(OCC)c(F)c3F)CC2)CC1. The normalized spacial score (nSPS) is 27.4. The number of benzene rings is 1. The van der Waals surface area contributed by atoms with Crippen molar-refractivity contribution in [2.45, 2.75) is 78.1 Å². The second-order valence-corrected chi connectivity index (χ2v) is 9.13. The predicted molar refractivity (Wildman–Crippen MR) is 117 cm³/mol. The molecule has 2 aliphatic rings. The standard InChI is InChI=1S/C24H34F2O2S/c1-3-5-16-6-8-17(9-7-16)18-10-12-19(13-11-18)24(29)28-21-15-14-20(27-4-2)22(25)23(21)26/h14-19H,3-13H2,1-2H3/t16-,17-,18-,19-. The van der Waals surface area contributed by atoms with Gasteiger partial charge in [0.05, 0.1) is 6.61 Å². The Labute approximate surface area is 179 Å². The molecule has 2 nitrogen and oxygen atoms in total. The van der Waals surface area contributed by atoms with Crippen LogP contribution in [-0.4, -0.2) is 11.7 Å². The number of ether oxygens (including phenoxy) is 2. The van der Waals surface area contributed by atoms with Crippen LogP contribution in [0.2, 0.25) is 0 Å². The molecule has 0 atom stereocenters. The van der Waals surface area contributed by atoms with Crippen molar-refractivity contribution >= 4 is 17.3 Å². The third-order valence-electron chi connectivity index (χ3n) is 6.88. The zero-order valence-corrected chi connectivity index (χ0v) is 18.5. The lowest BCUT2D eigenvalue weighted by molar-refractivity contribution is 0.153. The lowest BCUT2D eigenvalue weighted by Gasteiger charge is -2.37. The van der Waals surface area contributed by atoms with Crippen LogP contribution in [0.1, 0.15) is 78.1 Å². The molecule has 0 bridgehead atoms. The Balaban J connectivity index is 1.49. The smallest absolute Gasteiger partial charge is 0.205 e. The van der Waals surface area contributed by atoms with E-state index in [4.69, 9.17) is 21.7 Å². The molecule has 0 amide bonds. The summed E-state index contributed by atoms with van der Waals surface area (Å²) < 4.78 is 39.0. The van der Waals surface area contributed by atoms with E-state index in [2.05, 4.69) is 6.92 Å². The number of rotatable bonds is 7. The summed E-state index contributed by atoms with van der Waals surface area (Å²) in [6.45, 7) is 4.29. The van der Waals surface area contributed by atoms with E-state index in [-0.39, 0.29) is 24.0 Å². The van der Waals surface area contributed by atoms with Crippen molar-refractivity contribution < 1.29 is 18.3 Å². The van der Waals surface area contributed by atoms with Crippen LogP contribution in [0.25, 0.3) is 0 Å². The first kappa shape index (κ1) is 22.5. The third kappa shape index (κ3) is 5.68. The monoisotopic (exact) mass is 424 g/mol. The molecule has 0 aromatic heterocycles. The summed E-state index contributed by atoms with van der Waals surface area (Å²) in [6, 6.07) is 2.79. The van der Waals surface area contributed by atoms with Gasteiger partial charge in [-0.3, -0.25) is 0 Å². The zero-order valence-electron chi connectivity index (χ0n) is 17.7. The van der Waals surface area contributed by atoms with Gasteiger partial charge in [-0.05, 0) is 87.6 Å². The van der Waals surface area contributed by atoms with Crippen molar-refractivity contribution in [1.82, 2.24) is 0 Å². The molecule has 0 heterocycles. The minimum Gasteiger partial charge on any atom is -0.491 e. The summed E-state index contributed by atoms with van der Waals surface area (Å²) in [5, 5.41) is 0.387. The molecule has 0 unspecified atom stereocenters. The molecule has 0 spiro atoms. The minimum atomic E-state index is -1.03. The largest absolute Gasteiger partial charge is 0.491 e. The van der Waals surface area contributed by atoms with Crippen molar-refractivity contribution in [1.29, 1.82) is 0 Å². The van der Waals surface area contributed by atoms with Gasteiger partial charge in [0.1, 0.15) is 0 Å². The van der Waals surface area contributed by atoms with Gasteiger partial charge in [0.2, 0.25) is 11.6 Å². The highest BCUT2D eigenvalue weighted by molar-refractivity contribution is 7.80. The molecule has 0 aliphatic heterocycles. The quantitative estimate of drug-likeness (QED) is 0.423. The highest BCUT2D eigenvalue weighted by atomic mass is 32.1. The Bertz CT molecular complexity index is 678. The van der Waals surface area contributed by atoms with Gasteiger partial charge in [-0.25, -0.2) is 0 Å². The highest BCUT2D eigenvalue weighted by Gasteiger charge is 2.32. The summed E-state index contributed by atoms with van der Waals surface area (Å²) in [6.07, 6.45) is 12.5. The Morgan fingerprint density at radius 3 is 2.03 bits per heavy atom. The molecule has 162 valence electrons. The third-order valence-corrected chi connectivity index (χ3v) is 7.30. The first-order valence-corrected chi connectivity index (χ1v) is 11.8. The van der Waals surface area contributed by atoms with Crippen molar-refractivity contribution in [3.05, 3.63) is 23.8 Å². The summed E-state index contributed by atoms with van der Waals surface area (Å²) >= 11 is 5.44. The molecule has 0 N–H and O–H groups in total. The molecule has 2 aliphatic carbocycles. The van der Waals surface area contributed by atoms with E-state index in [0.29, 0.717) is 5.05 Å². The van der Waals surface area contributed by atoms with Crippen molar-refractivity contribution in [3.63, 3.8) is 0 Å². The Morgan fingerprint density at radius 1 is 0.897 bits per heavy atom. The Hall–Kier alpha value is -1.23. The molecule has 2 saturated carbocycles. The fourth-order valence-corrected chi connectivity index (χ4v) is 5.56. The van der Waals surface area contributed by atoms with Gasteiger partial charge in [-0.1, -0.05) is 32.6 Å². The van der Waals surface area contributed by atoms with E-state index < -0.39 is 11.6 Å². The Kier molecular flexibility index (Phi) is 8.28. The predicted octanol–water partition coefficient (Wildman–Crippen LogP) is 7.48. The lowest BCUT2D eigenvalue weighted by Crippen LogP contribution is -2.29. The van der Waals surface area contributed by atoms with Crippen molar-refractivity contribution in [2.24, 2.45) is 23.7 Å². The maximum atomic E-state index is 14.3. The van der Waals surface area contributed by atoms with Crippen LogP contribution in [0.15, 0.2) is 12.1 Å². The molecule has 1 aromatic carbocycles. The molecule has 2 fully saturated rings. The molecule has 1 aromatic rings. The average molecular weight is 425 g/mol. The van der Waals surface area contributed by atoms with Gasteiger partial charge in [0.15, 0.2) is 16.5 Å². The fraction of sp³-hybridized carbons (Fsp3) is 0.708. The second kappa shape index (κ2) is 10.7. The number of hydrogen-bond acceptors (Lipinski definition) is 3. The number of hydrogen-bond donors (Lipinski definition) is 0. The zero-order chi connectivity index (χ0) is 20.8. The summed E-state index contributed by atoms with van der Waals surface area (Å²) in [7, 11) is 0. The van der Waals surface area contributed by atoms with E-state index in [0.717, 1.165) is 43.4 Å². The maximum Gasteiger partial charge on any atom is 0.205 e. The highest BCUT2D eigenvalue weighted by Crippen LogP contribution is 2.42. The van der Waals surface area contributed by atoms with Crippen molar-refractivity contribution in [3.8, 4) is 11.5 Å². The topological polar surface area (TPSA) is 18.5 Å². The van der Waals surface area contributed by atoms with Crippen LogP contribution >= 0.6 is 12.2 Å². The van der Waals surface area contributed by atoms with Gasteiger partial charge in [0, 0.05) is 5.92 Å². The lowest BCUT2D eigenvalue weighted by atomic mass is 9.69. The summed E-state index contributed by atoms with van der Waals surface area (Å²) in [5.41, 5.74) is 0. The number of thiocarbonyl (C=S) groups is 1. The van der Waals surface area contributed by atoms with Crippen LogP contribution in [0, 0.1) is 35.3 Å². The minimum absolute atomic E-state index is 0.0996. The van der Waals surface area contributed by atoms with Crippen molar-refractivity contribution in [2.75, 3.05) is 6.61 Å². The molecular weight excluding hydrogens is 390 g/mol. The van der Waals surface area contributed by atoms with Crippen LogP contribution in [-0.2, 0) is 0 Å². The van der Waals surface area contributed by atoms with Crippen LogP contribution in [0.5, 0.6) is 11.5 Å². The van der Waals surface area contributed by atoms with Crippen LogP contribution in [0.4, 0.5) is 8.78 Å². The van der Waals surface area contributed by atoms with Gasteiger partial charge in [-0.2, -0.15) is 8.78 Å². The fourth-order valence-electron chi connectivity index (χ4n) is 5.23. The first-order chi connectivity index (χ1) is 14.0. The van der Waals surface area contributed by atoms with Crippen LogP contribution in [0.3, 0.4) is 0 Å². The molecule has 0 saturated heterocycles. The average Bonchev–Trinajstić information content (AvgIpc) is 2.74. The number of halogens is 2. The van der Waals surface area contributed by atoms with Gasteiger partial charge in [-0.15, -0.1) is 0 Å². The molecule has 29 heavy (non-hydrogen) atoms. The van der Waals surface area contributed by atoms with Gasteiger partial charge < -0.3 is 9.47 Å². The maximum absolute atomic E-state index is 14.3. The second-order valence-electron chi connectivity index (χ2n) is 8.73. The van der Waals surface area contributed by atoms with E-state index in [1.54, 1.807) is 6.92 Å². The van der Waals surface area contributed by atoms with Gasteiger partial charge in [0.25, 0.3) is 0 Å².